The van der Waals surface area contributed by atoms with E-state index in [0.717, 1.165) is 12.3 Å². The van der Waals surface area contributed by atoms with Crippen LogP contribution in [0.15, 0.2) is 18.5 Å². The van der Waals surface area contributed by atoms with Gasteiger partial charge in [0.05, 0.1) is 11.8 Å². The summed E-state index contributed by atoms with van der Waals surface area (Å²) in [6.45, 7) is -1.35. The van der Waals surface area contributed by atoms with Crippen LogP contribution in [-0.2, 0) is 0 Å². The number of hydrogen-bond donors (Lipinski definition) is 0. The van der Waals surface area contributed by atoms with E-state index in [0.29, 0.717) is 17.7 Å². The van der Waals surface area contributed by atoms with Gasteiger partial charge in [-0.2, -0.15) is 13.2 Å². The van der Waals surface area contributed by atoms with E-state index in [1.807, 2.05) is 0 Å². The molecule has 3 nitrogen and oxygen atoms in total. The number of pyridine rings is 1. The highest BCUT2D eigenvalue weighted by Crippen LogP contribution is 2.31. The molecule has 1 aromatic rings. The maximum absolute atomic E-state index is 13.3. The topological polar surface area (TPSA) is 33.2 Å². The first-order chi connectivity index (χ1) is 8.38. The quantitative estimate of drug-likeness (QED) is 0.783. The van der Waals surface area contributed by atoms with Gasteiger partial charge in [-0.15, -0.1) is 0 Å². The number of halogens is 4. The third-order valence-electron chi connectivity index (χ3n) is 2.60. The predicted molar refractivity (Wildman–Crippen MR) is 54.3 cm³/mol. The Morgan fingerprint density at radius 2 is 2.11 bits per heavy atom. The molecule has 98 valence electrons. The Morgan fingerprint density at radius 1 is 1.44 bits per heavy atom. The monoisotopic (exact) mass is 262 g/mol. The summed E-state index contributed by atoms with van der Waals surface area (Å²) in [5, 5.41) is 0. The number of alkyl halides is 3. The maximum Gasteiger partial charge on any atom is 0.406 e. The second kappa shape index (κ2) is 4.55. The Morgan fingerprint density at radius 3 is 2.61 bits per heavy atom. The minimum Gasteiger partial charge on any atom is -0.326 e. The molecule has 0 unspecified atom stereocenters. The Hall–Kier alpha value is -1.66. The molecule has 1 amide bonds. The SMILES string of the molecule is O=C(c1ccncc1F)N(CC(F)(F)F)C1CC1. The summed E-state index contributed by atoms with van der Waals surface area (Å²) in [5.41, 5.74) is -0.374. The van der Waals surface area contributed by atoms with Gasteiger partial charge in [0.2, 0.25) is 0 Å². The molecule has 1 saturated carbocycles. The van der Waals surface area contributed by atoms with Crippen LogP contribution in [0.1, 0.15) is 23.2 Å². The lowest BCUT2D eigenvalue weighted by Crippen LogP contribution is -2.40. The van der Waals surface area contributed by atoms with Crippen molar-refractivity contribution < 1.29 is 22.4 Å². The van der Waals surface area contributed by atoms with Crippen molar-refractivity contribution in [3.63, 3.8) is 0 Å². The van der Waals surface area contributed by atoms with Gasteiger partial charge in [0.1, 0.15) is 6.54 Å². The van der Waals surface area contributed by atoms with Crippen molar-refractivity contribution in [3.8, 4) is 0 Å². The summed E-state index contributed by atoms with van der Waals surface area (Å²) in [6, 6.07) is 0.648. The minimum absolute atomic E-state index is 0.374. The highest BCUT2D eigenvalue weighted by atomic mass is 19.4. The molecule has 0 radical (unpaired) electrons. The molecular weight excluding hydrogens is 252 g/mol. The van der Waals surface area contributed by atoms with E-state index < -0.39 is 30.5 Å². The average Bonchev–Trinajstić information content (AvgIpc) is 3.08. The molecule has 1 aromatic heterocycles. The molecule has 0 aliphatic heterocycles. The number of aromatic nitrogens is 1. The highest BCUT2D eigenvalue weighted by molar-refractivity contribution is 5.94. The number of amides is 1. The second-order valence-electron chi connectivity index (χ2n) is 4.13. The number of nitrogens with zero attached hydrogens (tertiary/aromatic N) is 2. The van der Waals surface area contributed by atoms with E-state index in [2.05, 4.69) is 4.98 Å². The molecular formula is C11H10F4N2O. The Kier molecular flexibility index (Phi) is 3.23. The van der Waals surface area contributed by atoms with Crippen molar-refractivity contribution in [1.82, 2.24) is 9.88 Å². The van der Waals surface area contributed by atoms with Crippen molar-refractivity contribution in [2.75, 3.05) is 6.54 Å². The molecule has 1 fully saturated rings. The molecule has 18 heavy (non-hydrogen) atoms. The van der Waals surface area contributed by atoms with Gasteiger partial charge >= 0.3 is 6.18 Å². The van der Waals surface area contributed by atoms with Crippen LogP contribution < -0.4 is 0 Å². The van der Waals surface area contributed by atoms with Gasteiger partial charge in [0, 0.05) is 12.2 Å². The fourth-order valence-corrected chi connectivity index (χ4v) is 1.65. The summed E-state index contributed by atoms with van der Waals surface area (Å²) < 4.78 is 50.4. The normalized spacial score (nSPS) is 15.6. The molecule has 1 heterocycles. The molecule has 0 aromatic carbocycles. The van der Waals surface area contributed by atoms with E-state index in [9.17, 15) is 22.4 Å². The molecule has 0 spiro atoms. The van der Waals surface area contributed by atoms with Crippen LogP contribution in [0.25, 0.3) is 0 Å². The van der Waals surface area contributed by atoms with Gasteiger partial charge in [0.25, 0.3) is 5.91 Å². The van der Waals surface area contributed by atoms with E-state index >= 15 is 0 Å². The van der Waals surface area contributed by atoms with Crippen LogP contribution in [0.5, 0.6) is 0 Å². The standard InChI is InChI=1S/C11H10F4N2O/c12-9-5-16-4-3-8(9)10(18)17(7-1-2-7)6-11(13,14)15/h3-5,7H,1-2,6H2. The Balaban J connectivity index is 2.21. The van der Waals surface area contributed by atoms with Crippen LogP contribution in [-0.4, -0.2) is 34.6 Å². The molecule has 7 heteroatoms. The van der Waals surface area contributed by atoms with Crippen molar-refractivity contribution in [2.24, 2.45) is 0 Å². The zero-order valence-corrected chi connectivity index (χ0v) is 9.25. The number of hydrogen-bond acceptors (Lipinski definition) is 2. The van der Waals surface area contributed by atoms with Crippen molar-refractivity contribution in [2.45, 2.75) is 25.1 Å². The lowest BCUT2D eigenvalue weighted by Gasteiger charge is -2.23. The molecule has 0 atom stereocenters. The summed E-state index contributed by atoms with van der Waals surface area (Å²) >= 11 is 0. The van der Waals surface area contributed by atoms with Crippen LogP contribution >= 0.6 is 0 Å². The zero-order chi connectivity index (χ0) is 13.3. The molecule has 1 aliphatic rings. The van der Waals surface area contributed by atoms with E-state index in [-0.39, 0.29) is 5.56 Å². The van der Waals surface area contributed by atoms with Crippen molar-refractivity contribution in [3.05, 3.63) is 29.8 Å². The van der Waals surface area contributed by atoms with E-state index in [1.165, 1.54) is 6.20 Å². The molecule has 0 saturated heterocycles. The first kappa shape index (κ1) is 12.8. The first-order valence-electron chi connectivity index (χ1n) is 5.36. The average molecular weight is 262 g/mol. The fraction of sp³-hybridized carbons (Fsp3) is 0.455. The number of carbonyl (C=O) groups excluding carboxylic acids is 1. The van der Waals surface area contributed by atoms with Crippen LogP contribution in [0.3, 0.4) is 0 Å². The fourth-order valence-electron chi connectivity index (χ4n) is 1.65. The minimum atomic E-state index is -4.48. The third kappa shape index (κ3) is 2.96. The lowest BCUT2D eigenvalue weighted by molar-refractivity contribution is -0.141. The van der Waals surface area contributed by atoms with E-state index in [4.69, 9.17) is 0 Å². The van der Waals surface area contributed by atoms with E-state index in [1.54, 1.807) is 0 Å². The largest absolute Gasteiger partial charge is 0.406 e. The predicted octanol–water partition coefficient (Wildman–Crippen LogP) is 2.39. The highest BCUT2D eigenvalue weighted by Gasteiger charge is 2.41. The lowest BCUT2D eigenvalue weighted by atomic mass is 10.2. The van der Waals surface area contributed by atoms with Gasteiger partial charge < -0.3 is 4.90 Å². The van der Waals surface area contributed by atoms with Crippen molar-refractivity contribution >= 4 is 5.91 Å². The maximum atomic E-state index is 13.3. The zero-order valence-electron chi connectivity index (χ0n) is 9.25. The Bertz CT molecular complexity index is 457. The second-order valence-corrected chi connectivity index (χ2v) is 4.13. The first-order valence-corrected chi connectivity index (χ1v) is 5.36. The Labute approximate surface area is 100 Å². The number of rotatable bonds is 3. The summed E-state index contributed by atoms with van der Waals surface area (Å²) in [5.74, 6) is -1.84. The third-order valence-corrected chi connectivity index (χ3v) is 2.60. The summed E-state index contributed by atoms with van der Waals surface area (Å²) in [4.78, 5) is 16.0. The smallest absolute Gasteiger partial charge is 0.326 e. The van der Waals surface area contributed by atoms with Gasteiger partial charge in [-0.05, 0) is 18.9 Å². The van der Waals surface area contributed by atoms with Crippen molar-refractivity contribution in [1.29, 1.82) is 0 Å². The molecule has 1 aliphatic carbocycles. The van der Waals surface area contributed by atoms with Gasteiger partial charge in [0.15, 0.2) is 5.82 Å². The van der Waals surface area contributed by atoms with Gasteiger partial charge in [-0.1, -0.05) is 0 Å². The number of carbonyl (C=O) groups is 1. The summed E-state index contributed by atoms with van der Waals surface area (Å²) in [7, 11) is 0. The summed E-state index contributed by atoms with van der Waals surface area (Å²) in [6.07, 6.45) is -1.45. The van der Waals surface area contributed by atoms with Gasteiger partial charge in [-0.25, -0.2) is 4.39 Å². The molecule has 2 rings (SSSR count). The van der Waals surface area contributed by atoms with Gasteiger partial charge in [-0.3, -0.25) is 9.78 Å². The van der Waals surface area contributed by atoms with Crippen LogP contribution in [0.4, 0.5) is 17.6 Å². The van der Waals surface area contributed by atoms with Crippen LogP contribution in [0.2, 0.25) is 0 Å². The van der Waals surface area contributed by atoms with Crippen LogP contribution in [0, 0.1) is 5.82 Å². The molecule has 0 bridgehead atoms. The molecule has 0 N–H and O–H groups in total.